The molecule has 0 aromatic rings. The van der Waals surface area contributed by atoms with Crippen molar-refractivity contribution < 1.29 is 42.4 Å². The van der Waals surface area contributed by atoms with E-state index in [1.807, 2.05) is 33.3 Å². The van der Waals surface area contributed by atoms with Gasteiger partial charge in [-0.25, -0.2) is 0 Å². The molecule has 3 atom stereocenters. The van der Waals surface area contributed by atoms with Crippen LogP contribution in [0.2, 0.25) is 0 Å². The van der Waals surface area contributed by atoms with Crippen molar-refractivity contribution in [2.24, 2.45) is 0 Å². The number of esters is 1. The number of nitrogens with zero attached hydrogens (tertiary/aromatic N) is 1. The molecule has 0 amide bonds. The lowest BCUT2D eigenvalue weighted by atomic mass is 10.1. The standard InChI is InChI=1S/C46H82NO8P/c1-6-8-9-10-11-12-13-14-15-16-20-23-26-29-32-35-40-52-45(43-55-56(50,51)54-41-39-47(3,4)5)42-53-46(49)38-34-31-28-25-22-19-17-18-21-24-27-30-33-37-44(48)36-7-2/h12-13,17,19,21,24-25,28,30,33,35,40,44-45,48H,6-11,14-16,18,20,22-23,26-27,29,31-32,34,36-39,41-43H2,1-5H3/b13-12-,19-17-,24-21-,28-25-,33-30-,40-35+/t44?,45-/m1/s1. The van der Waals surface area contributed by atoms with E-state index in [0.29, 0.717) is 17.4 Å². The van der Waals surface area contributed by atoms with Crippen LogP contribution in [0.25, 0.3) is 0 Å². The van der Waals surface area contributed by atoms with Gasteiger partial charge < -0.3 is 33.0 Å². The minimum absolute atomic E-state index is 0.00787. The number of aliphatic hydroxyl groups is 1. The summed E-state index contributed by atoms with van der Waals surface area (Å²) in [7, 11) is 1.30. The summed E-state index contributed by atoms with van der Waals surface area (Å²) >= 11 is 0. The number of phosphoric acid groups is 1. The van der Waals surface area contributed by atoms with Crippen molar-refractivity contribution in [1.82, 2.24) is 0 Å². The molecule has 0 aromatic carbocycles. The van der Waals surface area contributed by atoms with Crippen molar-refractivity contribution in [2.75, 3.05) is 47.5 Å². The summed E-state index contributed by atoms with van der Waals surface area (Å²) < 4.78 is 34.2. The number of ether oxygens (including phenoxy) is 2. The van der Waals surface area contributed by atoms with Crippen molar-refractivity contribution in [2.45, 2.75) is 167 Å². The Labute approximate surface area is 343 Å². The van der Waals surface area contributed by atoms with E-state index in [2.05, 4.69) is 68.5 Å². The van der Waals surface area contributed by atoms with Crippen LogP contribution in [-0.2, 0) is 27.9 Å². The van der Waals surface area contributed by atoms with Crippen molar-refractivity contribution in [1.29, 1.82) is 0 Å². The monoisotopic (exact) mass is 808 g/mol. The maximum atomic E-state index is 12.5. The summed E-state index contributed by atoms with van der Waals surface area (Å²) in [6, 6.07) is 0. The first-order chi connectivity index (χ1) is 27.0. The Morgan fingerprint density at radius 2 is 1.18 bits per heavy atom. The highest BCUT2D eigenvalue weighted by atomic mass is 31.2. The van der Waals surface area contributed by atoms with Gasteiger partial charge in [0.25, 0.3) is 7.82 Å². The summed E-state index contributed by atoms with van der Waals surface area (Å²) in [6.45, 7) is 4.40. The highest BCUT2D eigenvalue weighted by Gasteiger charge is 2.19. The lowest BCUT2D eigenvalue weighted by Gasteiger charge is -2.28. The fourth-order valence-corrected chi connectivity index (χ4v) is 6.14. The Bertz CT molecular complexity index is 1140. The number of likely N-dealkylation sites (N-methyl/N-ethyl adjacent to an activating group) is 1. The van der Waals surface area contributed by atoms with Crippen LogP contribution in [0.1, 0.15) is 155 Å². The zero-order valence-electron chi connectivity index (χ0n) is 36.2. The van der Waals surface area contributed by atoms with E-state index >= 15 is 0 Å². The second kappa shape index (κ2) is 38.3. The van der Waals surface area contributed by atoms with E-state index in [0.717, 1.165) is 64.2 Å². The van der Waals surface area contributed by atoms with Crippen LogP contribution < -0.4 is 4.89 Å². The van der Waals surface area contributed by atoms with Crippen LogP contribution in [0.4, 0.5) is 0 Å². The number of phosphoric ester groups is 1. The predicted octanol–water partition coefficient (Wildman–Crippen LogP) is 11.4. The minimum atomic E-state index is -4.54. The summed E-state index contributed by atoms with van der Waals surface area (Å²) in [5.74, 6) is -0.363. The Balaban J connectivity index is 4.43. The van der Waals surface area contributed by atoms with E-state index in [9.17, 15) is 19.4 Å². The van der Waals surface area contributed by atoms with Crippen LogP contribution in [0, 0.1) is 0 Å². The SMILES string of the molecule is CCCCCC/C=C\CCCCCCCC/C=C/O[C@H](COC(=O)CCC/C=C\C/C=C\C/C=C\C/C=C\CC(O)CCC)COP(=O)([O-])OCC[N+](C)(C)C. The molecule has 10 heteroatoms. The predicted molar refractivity (Wildman–Crippen MR) is 232 cm³/mol. The highest BCUT2D eigenvalue weighted by molar-refractivity contribution is 7.45. The zero-order chi connectivity index (χ0) is 41.4. The van der Waals surface area contributed by atoms with Gasteiger partial charge in [-0.05, 0) is 89.5 Å². The number of carbonyl (C=O) groups excluding carboxylic acids is 1. The third-order valence-electron chi connectivity index (χ3n) is 8.88. The first-order valence-electron chi connectivity index (χ1n) is 21.8. The number of carbonyl (C=O) groups is 1. The Kier molecular flexibility index (Phi) is 36.7. The summed E-state index contributed by atoms with van der Waals surface area (Å²) in [4.78, 5) is 24.8. The van der Waals surface area contributed by atoms with E-state index in [1.165, 1.54) is 64.2 Å². The second-order valence-corrected chi connectivity index (χ2v) is 17.0. The van der Waals surface area contributed by atoms with E-state index < -0.39 is 13.9 Å². The van der Waals surface area contributed by atoms with Crippen molar-refractivity contribution in [3.8, 4) is 0 Å². The molecule has 0 saturated heterocycles. The van der Waals surface area contributed by atoms with Crippen molar-refractivity contribution in [3.63, 3.8) is 0 Å². The van der Waals surface area contributed by atoms with Crippen LogP contribution in [-0.4, -0.2) is 75.3 Å². The molecule has 0 aromatic heterocycles. The zero-order valence-corrected chi connectivity index (χ0v) is 37.1. The van der Waals surface area contributed by atoms with Gasteiger partial charge >= 0.3 is 5.97 Å². The molecule has 0 spiro atoms. The van der Waals surface area contributed by atoms with Crippen LogP contribution in [0.15, 0.2) is 73.1 Å². The Morgan fingerprint density at radius 3 is 1.77 bits per heavy atom. The average molecular weight is 808 g/mol. The van der Waals surface area contributed by atoms with Crippen LogP contribution >= 0.6 is 7.82 Å². The number of quaternary nitrogens is 1. The molecular weight excluding hydrogens is 725 g/mol. The number of aliphatic hydroxyl groups excluding tert-OH is 1. The number of rotatable bonds is 39. The molecule has 0 bridgehead atoms. The van der Waals surface area contributed by atoms with Crippen molar-refractivity contribution in [3.05, 3.63) is 73.1 Å². The second-order valence-electron chi connectivity index (χ2n) is 15.6. The lowest BCUT2D eigenvalue weighted by molar-refractivity contribution is -0.870. The van der Waals surface area contributed by atoms with Gasteiger partial charge in [0.1, 0.15) is 19.8 Å². The van der Waals surface area contributed by atoms with Crippen LogP contribution in [0.3, 0.4) is 0 Å². The first-order valence-corrected chi connectivity index (χ1v) is 23.2. The van der Waals surface area contributed by atoms with Gasteiger partial charge in [0.2, 0.25) is 0 Å². The maximum Gasteiger partial charge on any atom is 0.305 e. The molecule has 0 rings (SSSR count). The normalized spacial score (nSPS) is 15.0. The van der Waals surface area contributed by atoms with Gasteiger partial charge in [0.05, 0.1) is 40.1 Å². The van der Waals surface area contributed by atoms with Gasteiger partial charge in [-0.3, -0.25) is 9.36 Å². The summed E-state index contributed by atoms with van der Waals surface area (Å²) in [6.07, 6.45) is 46.5. The smallest absolute Gasteiger partial charge is 0.305 e. The van der Waals surface area contributed by atoms with E-state index in [-0.39, 0.29) is 38.3 Å². The van der Waals surface area contributed by atoms with Crippen LogP contribution in [0.5, 0.6) is 0 Å². The molecule has 9 nitrogen and oxygen atoms in total. The molecule has 2 unspecified atom stereocenters. The third-order valence-corrected chi connectivity index (χ3v) is 9.84. The quantitative estimate of drug-likeness (QED) is 0.0163. The van der Waals surface area contributed by atoms with E-state index in [4.69, 9.17) is 18.5 Å². The fraction of sp³-hybridized carbons (Fsp3) is 0.717. The van der Waals surface area contributed by atoms with Gasteiger partial charge in [-0.1, -0.05) is 126 Å². The molecule has 0 aliphatic carbocycles. The van der Waals surface area contributed by atoms with Crippen molar-refractivity contribution >= 4 is 13.8 Å². The number of hydrogen-bond acceptors (Lipinski definition) is 8. The number of unbranched alkanes of at least 4 members (excludes halogenated alkanes) is 12. The molecule has 0 radical (unpaired) electrons. The Morgan fingerprint density at radius 1 is 0.661 bits per heavy atom. The molecule has 0 saturated carbocycles. The third kappa shape index (κ3) is 41.4. The largest absolute Gasteiger partial charge is 0.756 e. The maximum absolute atomic E-state index is 12.5. The van der Waals surface area contributed by atoms with E-state index in [1.54, 1.807) is 6.26 Å². The molecular formula is C46H82NO8P. The molecule has 56 heavy (non-hydrogen) atoms. The highest BCUT2D eigenvalue weighted by Crippen LogP contribution is 2.38. The van der Waals surface area contributed by atoms with Gasteiger partial charge in [-0.2, -0.15) is 0 Å². The minimum Gasteiger partial charge on any atom is -0.756 e. The summed E-state index contributed by atoms with van der Waals surface area (Å²) in [5, 5.41) is 9.73. The topological polar surface area (TPSA) is 114 Å². The molecule has 0 fully saturated rings. The molecule has 1 N–H and O–H groups in total. The van der Waals surface area contributed by atoms with Gasteiger partial charge in [0, 0.05) is 6.42 Å². The molecule has 0 aliphatic rings. The molecule has 0 heterocycles. The average Bonchev–Trinajstić information content (AvgIpc) is 3.14. The first kappa shape index (κ1) is 53.7. The molecule has 324 valence electrons. The Hall–Kier alpha value is -2.26. The number of allylic oxidation sites excluding steroid dienone is 10. The summed E-state index contributed by atoms with van der Waals surface area (Å²) in [5.41, 5.74) is 0. The molecule has 0 aliphatic heterocycles. The number of hydrogen-bond donors (Lipinski definition) is 1. The van der Waals surface area contributed by atoms with Gasteiger partial charge in [0.15, 0.2) is 6.10 Å². The van der Waals surface area contributed by atoms with Gasteiger partial charge in [-0.15, -0.1) is 0 Å². The lowest BCUT2D eigenvalue weighted by Crippen LogP contribution is -2.37. The fourth-order valence-electron chi connectivity index (χ4n) is 5.41.